The van der Waals surface area contributed by atoms with E-state index in [0.717, 1.165) is 38.0 Å². The van der Waals surface area contributed by atoms with E-state index in [1.807, 2.05) is 0 Å². The first-order chi connectivity index (χ1) is 8.03. The normalized spacial score (nSPS) is 29.4. The molecule has 3 atom stereocenters. The molecule has 0 aromatic heterocycles. The van der Waals surface area contributed by atoms with Gasteiger partial charge in [0.2, 0.25) is 0 Å². The average molecular weight is 259 g/mol. The van der Waals surface area contributed by atoms with Crippen LogP contribution < -0.4 is 5.32 Å². The highest BCUT2D eigenvalue weighted by Crippen LogP contribution is 2.40. The number of rotatable bonds is 7. The monoisotopic (exact) mass is 259 g/mol. The second-order valence-corrected chi connectivity index (χ2v) is 7.71. The lowest BCUT2D eigenvalue weighted by atomic mass is 9.87. The summed E-state index contributed by atoms with van der Waals surface area (Å²) in [6.45, 7) is 10.0. The minimum absolute atomic E-state index is 0.307. The SMILES string of the molecule is CCCCS(=O)C1CCC(C)(C)C1NCCC. The Morgan fingerprint density at radius 2 is 2.00 bits per heavy atom. The van der Waals surface area contributed by atoms with Gasteiger partial charge in [0.1, 0.15) is 0 Å². The van der Waals surface area contributed by atoms with Crippen molar-refractivity contribution in [3.63, 3.8) is 0 Å². The van der Waals surface area contributed by atoms with Crippen molar-refractivity contribution >= 4 is 10.8 Å². The fourth-order valence-electron chi connectivity index (χ4n) is 2.77. The van der Waals surface area contributed by atoms with Crippen LogP contribution in [0.2, 0.25) is 0 Å². The summed E-state index contributed by atoms with van der Waals surface area (Å²) in [6.07, 6.45) is 5.74. The second kappa shape index (κ2) is 6.89. The Kier molecular flexibility index (Phi) is 6.14. The molecule has 0 heterocycles. The van der Waals surface area contributed by atoms with E-state index in [9.17, 15) is 4.21 Å². The highest BCUT2D eigenvalue weighted by Gasteiger charge is 2.43. The van der Waals surface area contributed by atoms with E-state index < -0.39 is 10.8 Å². The fourth-order valence-corrected chi connectivity index (χ4v) is 4.79. The summed E-state index contributed by atoms with van der Waals surface area (Å²) in [6, 6.07) is 0.445. The van der Waals surface area contributed by atoms with Gasteiger partial charge in [-0.25, -0.2) is 0 Å². The maximum absolute atomic E-state index is 12.3. The van der Waals surface area contributed by atoms with Crippen molar-refractivity contribution in [3.05, 3.63) is 0 Å². The summed E-state index contributed by atoms with van der Waals surface area (Å²) in [7, 11) is -0.638. The van der Waals surface area contributed by atoms with Gasteiger partial charge in [0.15, 0.2) is 0 Å². The third kappa shape index (κ3) is 4.06. The van der Waals surface area contributed by atoms with Crippen molar-refractivity contribution in [2.75, 3.05) is 12.3 Å². The molecular weight excluding hydrogens is 230 g/mol. The molecule has 102 valence electrons. The largest absolute Gasteiger partial charge is 0.312 e. The Labute approximate surface area is 109 Å². The van der Waals surface area contributed by atoms with Crippen LogP contribution in [0.15, 0.2) is 0 Å². The molecule has 1 saturated carbocycles. The minimum atomic E-state index is -0.638. The highest BCUT2D eigenvalue weighted by molar-refractivity contribution is 7.85. The van der Waals surface area contributed by atoms with Gasteiger partial charge in [0.05, 0.1) is 5.25 Å². The van der Waals surface area contributed by atoms with Gasteiger partial charge in [-0.05, 0) is 37.6 Å². The molecule has 3 unspecified atom stereocenters. The van der Waals surface area contributed by atoms with E-state index in [2.05, 4.69) is 33.0 Å². The molecule has 17 heavy (non-hydrogen) atoms. The molecule has 0 saturated heterocycles. The lowest BCUT2D eigenvalue weighted by Crippen LogP contribution is -2.46. The quantitative estimate of drug-likeness (QED) is 0.761. The van der Waals surface area contributed by atoms with E-state index in [-0.39, 0.29) is 0 Å². The summed E-state index contributed by atoms with van der Waals surface area (Å²) in [5.74, 6) is 0.890. The van der Waals surface area contributed by atoms with Gasteiger partial charge in [-0.2, -0.15) is 0 Å². The Hall–Kier alpha value is 0.110. The van der Waals surface area contributed by atoms with Crippen LogP contribution in [0.1, 0.15) is 59.8 Å². The smallest absolute Gasteiger partial charge is 0.0506 e. The van der Waals surface area contributed by atoms with Gasteiger partial charge in [0, 0.05) is 22.6 Å². The van der Waals surface area contributed by atoms with Crippen LogP contribution in [-0.4, -0.2) is 27.8 Å². The first-order valence-electron chi connectivity index (χ1n) is 7.13. The zero-order valence-electron chi connectivity index (χ0n) is 11.9. The summed E-state index contributed by atoms with van der Waals surface area (Å²) in [5, 5.41) is 4.01. The molecule has 0 aromatic rings. The Morgan fingerprint density at radius 1 is 1.29 bits per heavy atom. The summed E-state index contributed by atoms with van der Waals surface area (Å²) in [5.41, 5.74) is 0.307. The predicted molar refractivity (Wildman–Crippen MR) is 76.8 cm³/mol. The maximum Gasteiger partial charge on any atom is 0.0506 e. The first-order valence-corrected chi connectivity index (χ1v) is 8.51. The Balaban J connectivity index is 2.60. The third-order valence-electron chi connectivity index (χ3n) is 3.94. The molecular formula is C14H29NOS. The van der Waals surface area contributed by atoms with Crippen LogP contribution in [0.25, 0.3) is 0 Å². The van der Waals surface area contributed by atoms with E-state index in [1.54, 1.807) is 0 Å². The lowest BCUT2D eigenvalue weighted by Gasteiger charge is -2.31. The minimum Gasteiger partial charge on any atom is -0.312 e. The van der Waals surface area contributed by atoms with E-state index >= 15 is 0 Å². The van der Waals surface area contributed by atoms with Crippen molar-refractivity contribution in [2.24, 2.45) is 5.41 Å². The van der Waals surface area contributed by atoms with Gasteiger partial charge >= 0.3 is 0 Å². The molecule has 0 aliphatic heterocycles. The fraction of sp³-hybridized carbons (Fsp3) is 1.00. The molecule has 0 bridgehead atoms. The van der Waals surface area contributed by atoms with Gasteiger partial charge in [-0.15, -0.1) is 0 Å². The average Bonchev–Trinajstić information content (AvgIpc) is 2.59. The van der Waals surface area contributed by atoms with Crippen LogP contribution in [0, 0.1) is 5.41 Å². The molecule has 3 heteroatoms. The molecule has 1 rings (SSSR count). The second-order valence-electron chi connectivity index (χ2n) is 5.94. The van der Waals surface area contributed by atoms with E-state index in [1.165, 1.54) is 6.42 Å². The van der Waals surface area contributed by atoms with Crippen molar-refractivity contribution < 1.29 is 4.21 Å². The molecule has 2 nitrogen and oxygen atoms in total. The van der Waals surface area contributed by atoms with Crippen molar-refractivity contribution in [1.82, 2.24) is 5.32 Å². The van der Waals surface area contributed by atoms with Crippen molar-refractivity contribution in [1.29, 1.82) is 0 Å². The van der Waals surface area contributed by atoms with Gasteiger partial charge < -0.3 is 5.32 Å². The molecule has 0 aromatic carbocycles. The first kappa shape index (κ1) is 15.2. The molecule has 1 N–H and O–H groups in total. The Bertz CT molecular complexity index is 253. The molecule has 1 aliphatic carbocycles. The predicted octanol–water partition coefficient (Wildman–Crippen LogP) is 3.09. The molecule has 0 radical (unpaired) electrons. The number of unbranched alkanes of at least 4 members (excludes halogenated alkanes) is 1. The molecule has 1 fully saturated rings. The Morgan fingerprint density at radius 3 is 2.59 bits per heavy atom. The number of nitrogens with one attached hydrogen (secondary N) is 1. The van der Waals surface area contributed by atoms with Gasteiger partial charge in [0.25, 0.3) is 0 Å². The van der Waals surface area contributed by atoms with Crippen molar-refractivity contribution in [2.45, 2.75) is 71.1 Å². The van der Waals surface area contributed by atoms with Gasteiger partial charge in [-0.1, -0.05) is 34.1 Å². The number of hydrogen-bond donors (Lipinski definition) is 1. The summed E-state index contributed by atoms with van der Waals surface area (Å²) >= 11 is 0. The van der Waals surface area contributed by atoms with Crippen LogP contribution >= 0.6 is 0 Å². The van der Waals surface area contributed by atoms with Crippen LogP contribution in [0.3, 0.4) is 0 Å². The highest BCUT2D eigenvalue weighted by atomic mass is 32.2. The van der Waals surface area contributed by atoms with E-state index in [0.29, 0.717) is 16.7 Å². The third-order valence-corrected chi connectivity index (χ3v) is 5.81. The summed E-state index contributed by atoms with van der Waals surface area (Å²) in [4.78, 5) is 0. The molecule has 0 spiro atoms. The summed E-state index contributed by atoms with van der Waals surface area (Å²) < 4.78 is 12.3. The molecule has 0 amide bonds. The number of hydrogen-bond acceptors (Lipinski definition) is 2. The van der Waals surface area contributed by atoms with Crippen molar-refractivity contribution in [3.8, 4) is 0 Å². The van der Waals surface area contributed by atoms with Crippen LogP contribution in [0.5, 0.6) is 0 Å². The molecule has 1 aliphatic rings. The van der Waals surface area contributed by atoms with E-state index in [4.69, 9.17) is 0 Å². The topological polar surface area (TPSA) is 29.1 Å². The van der Waals surface area contributed by atoms with Crippen LogP contribution in [0.4, 0.5) is 0 Å². The zero-order valence-corrected chi connectivity index (χ0v) is 12.7. The van der Waals surface area contributed by atoms with Gasteiger partial charge in [-0.3, -0.25) is 4.21 Å². The zero-order chi connectivity index (χ0) is 12.9. The maximum atomic E-state index is 12.3. The standard InChI is InChI=1S/C14H29NOS/c1-5-7-11-17(16)12-8-9-14(3,4)13(12)15-10-6-2/h12-13,15H,5-11H2,1-4H3. The lowest BCUT2D eigenvalue weighted by molar-refractivity contribution is 0.286. The van der Waals surface area contributed by atoms with Crippen LogP contribution in [-0.2, 0) is 10.8 Å².